The van der Waals surface area contributed by atoms with Gasteiger partial charge in [0.05, 0.1) is 18.6 Å². The summed E-state index contributed by atoms with van der Waals surface area (Å²) in [4.78, 5) is 33.9. The molecule has 2 aromatic rings. The van der Waals surface area contributed by atoms with Gasteiger partial charge in [-0.25, -0.2) is 9.97 Å². The molecule has 0 saturated heterocycles. The van der Waals surface area contributed by atoms with Crippen molar-refractivity contribution in [2.75, 3.05) is 19.0 Å². The highest BCUT2D eigenvalue weighted by atomic mass is 16.5. The van der Waals surface area contributed by atoms with E-state index >= 15 is 0 Å². The van der Waals surface area contributed by atoms with E-state index in [0.29, 0.717) is 17.4 Å². The second-order valence-corrected chi connectivity index (χ2v) is 10.0. The topological polar surface area (TPSA) is 113 Å². The standard InChI is InChI=1S/C26H34N4O4/c1-26(2,25(32)33)22(18-8-11-21(34-3)28-15-18)30-24(31)19-13-16(14-19)6-9-20-10-7-17-5-4-12-27-23(17)29-20/h7-8,10-11,15-16,19,22H,4-6,9,12-14H2,1-3H3,(H,27,29)(H,30,31)(H,32,33)/t16?,19?,22-/m1/s1. The number of aryl methyl sites for hydroxylation is 2. The molecule has 3 N–H and O–H groups in total. The van der Waals surface area contributed by atoms with Crippen LogP contribution in [-0.2, 0) is 22.4 Å². The average Bonchev–Trinajstić information content (AvgIpc) is 2.81. The highest BCUT2D eigenvalue weighted by molar-refractivity contribution is 5.82. The Morgan fingerprint density at radius 1 is 1.26 bits per heavy atom. The van der Waals surface area contributed by atoms with Crippen LogP contribution in [0.1, 0.15) is 62.4 Å². The molecule has 1 amide bonds. The summed E-state index contributed by atoms with van der Waals surface area (Å²) in [6.07, 6.45) is 7.34. The van der Waals surface area contributed by atoms with Gasteiger partial charge in [-0.05, 0) is 75.5 Å². The third kappa shape index (κ3) is 5.16. The van der Waals surface area contributed by atoms with Gasteiger partial charge in [-0.1, -0.05) is 12.1 Å². The molecule has 1 fully saturated rings. The molecule has 2 aromatic heterocycles. The quantitative estimate of drug-likeness (QED) is 0.515. The number of nitrogens with one attached hydrogen (secondary N) is 2. The van der Waals surface area contributed by atoms with E-state index in [1.807, 2.05) is 0 Å². The summed E-state index contributed by atoms with van der Waals surface area (Å²) < 4.78 is 5.10. The molecule has 182 valence electrons. The van der Waals surface area contributed by atoms with E-state index in [4.69, 9.17) is 9.72 Å². The van der Waals surface area contributed by atoms with E-state index in [1.165, 1.54) is 12.7 Å². The maximum absolute atomic E-state index is 13.0. The number of carboxylic acid groups (broad SMARTS) is 1. The second kappa shape index (κ2) is 9.99. The van der Waals surface area contributed by atoms with Gasteiger partial charge in [0, 0.05) is 30.4 Å². The predicted molar refractivity (Wildman–Crippen MR) is 129 cm³/mol. The Hall–Kier alpha value is -3.16. The summed E-state index contributed by atoms with van der Waals surface area (Å²) >= 11 is 0. The molecule has 1 aliphatic heterocycles. The van der Waals surface area contributed by atoms with E-state index in [0.717, 1.165) is 56.6 Å². The maximum atomic E-state index is 13.0. The number of aromatic nitrogens is 2. The average molecular weight is 467 g/mol. The lowest BCUT2D eigenvalue weighted by molar-refractivity contribution is -0.149. The molecular formula is C26H34N4O4. The largest absolute Gasteiger partial charge is 0.481 e. The lowest BCUT2D eigenvalue weighted by Gasteiger charge is -2.38. The van der Waals surface area contributed by atoms with Gasteiger partial charge in [0.25, 0.3) is 0 Å². The number of carbonyl (C=O) groups excluding carboxylic acids is 1. The van der Waals surface area contributed by atoms with Gasteiger partial charge in [0.2, 0.25) is 11.8 Å². The van der Waals surface area contributed by atoms with Crippen LogP contribution in [0.15, 0.2) is 30.5 Å². The lowest BCUT2D eigenvalue weighted by atomic mass is 9.71. The number of carbonyl (C=O) groups is 2. The minimum atomic E-state index is -1.19. The number of ether oxygens (including phenoxy) is 1. The third-order valence-corrected chi connectivity index (χ3v) is 7.23. The number of anilines is 1. The molecule has 0 spiro atoms. The van der Waals surface area contributed by atoms with Gasteiger partial charge in [-0.15, -0.1) is 0 Å². The summed E-state index contributed by atoms with van der Waals surface area (Å²) in [5.41, 5.74) is 1.84. The number of fused-ring (bicyclic) bond motifs is 1. The molecular weight excluding hydrogens is 432 g/mol. The van der Waals surface area contributed by atoms with Crippen LogP contribution in [0.2, 0.25) is 0 Å². The van der Waals surface area contributed by atoms with Crippen LogP contribution in [0.3, 0.4) is 0 Å². The smallest absolute Gasteiger partial charge is 0.311 e. The van der Waals surface area contributed by atoms with Gasteiger partial charge in [-0.3, -0.25) is 9.59 Å². The Bertz CT molecular complexity index is 1030. The van der Waals surface area contributed by atoms with Crippen LogP contribution >= 0.6 is 0 Å². The van der Waals surface area contributed by atoms with E-state index in [-0.39, 0.29) is 11.8 Å². The first-order valence-electron chi connectivity index (χ1n) is 12.0. The monoisotopic (exact) mass is 466 g/mol. The first kappa shape index (κ1) is 24.0. The number of methoxy groups -OCH3 is 1. The molecule has 1 aliphatic carbocycles. The second-order valence-electron chi connectivity index (χ2n) is 10.0. The minimum absolute atomic E-state index is 0.0949. The summed E-state index contributed by atoms with van der Waals surface area (Å²) in [7, 11) is 1.52. The highest BCUT2D eigenvalue weighted by Crippen LogP contribution is 2.39. The van der Waals surface area contributed by atoms with Crippen LogP contribution < -0.4 is 15.4 Å². The van der Waals surface area contributed by atoms with E-state index in [9.17, 15) is 14.7 Å². The zero-order valence-electron chi connectivity index (χ0n) is 20.1. The zero-order chi connectivity index (χ0) is 24.3. The Morgan fingerprint density at radius 3 is 2.74 bits per heavy atom. The minimum Gasteiger partial charge on any atom is -0.481 e. The normalized spacial score (nSPS) is 20.3. The fourth-order valence-electron chi connectivity index (χ4n) is 4.79. The van der Waals surface area contributed by atoms with Gasteiger partial charge >= 0.3 is 5.97 Å². The number of nitrogens with zero attached hydrogens (tertiary/aromatic N) is 2. The molecule has 4 rings (SSSR count). The van der Waals surface area contributed by atoms with E-state index in [1.54, 1.807) is 32.2 Å². The molecule has 8 nitrogen and oxygen atoms in total. The fourth-order valence-corrected chi connectivity index (χ4v) is 4.79. The predicted octanol–water partition coefficient (Wildman–Crippen LogP) is 3.77. The molecule has 1 atom stereocenters. The van der Waals surface area contributed by atoms with Crippen molar-refractivity contribution in [1.82, 2.24) is 15.3 Å². The van der Waals surface area contributed by atoms with Crippen LogP contribution in [0.25, 0.3) is 0 Å². The molecule has 34 heavy (non-hydrogen) atoms. The van der Waals surface area contributed by atoms with Gasteiger partial charge < -0.3 is 20.5 Å². The Morgan fingerprint density at radius 2 is 2.06 bits per heavy atom. The lowest BCUT2D eigenvalue weighted by Crippen LogP contribution is -2.46. The van der Waals surface area contributed by atoms with Crippen LogP contribution in [0, 0.1) is 17.3 Å². The number of pyridine rings is 2. The Kier molecular flexibility index (Phi) is 7.05. The third-order valence-electron chi connectivity index (χ3n) is 7.23. The van der Waals surface area contributed by atoms with Crippen molar-refractivity contribution in [2.45, 2.75) is 58.4 Å². The van der Waals surface area contributed by atoms with Crippen LogP contribution in [0.5, 0.6) is 5.88 Å². The van der Waals surface area contributed by atoms with Gasteiger partial charge in [-0.2, -0.15) is 0 Å². The van der Waals surface area contributed by atoms with Crippen molar-refractivity contribution >= 4 is 17.7 Å². The number of aliphatic carboxylic acids is 1. The Balaban J connectivity index is 1.33. The molecule has 2 aliphatic rings. The molecule has 3 heterocycles. The van der Waals surface area contributed by atoms with Gasteiger partial charge in [0.1, 0.15) is 5.82 Å². The van der Waals surface area contributed by atoms with Crippen molar-refractivity contribution in [1.29, 1.82) is 0 Å². The molecule has 0 aromatic carbocycles. The van der Waals surface area contributed by atoms with Crippen molar-refractivity contribution in [2.24, 2.45) is 17.3 Å². The van der Waals surface area contributed by atoms with E-state index < -0.39 is 17.4 Å². The van der Waals surface area contributed by atoms with Crippen molar-refractivity contribution in [3.05, 3.63) is 47.3 Å². The maximum Gasteiger partial charge on any atom is 0.311 e. The SMILES string of the molecule is COc1ccc([C@@H](NC(=O)C2CC(CCc3ccc4c(n3)NCCC4)C2)C(C)(C)C(=O)O)cn1. The zero-order valence-corrected chi connectivity index (χ0v) is 20.1. The molecule has 0 radical (unpaired) electrons. The molecule has 8 heteroatoms. The van der Waals surface area contributed by atoms with Crippen LogP contribution in [0.4, 0.5) is 5.82 Å². The molecule has 1 saturated carbocycles. The summed E-state index contributed by atoms with van der Waals surface area (Å²) in [5.74, 6) is 0.772. The summed E-state index contributed by atoms with van der Waals surface area (Å²) in [5, 5.41) is 16.2. The number of carboxylic acids is 1. The first-order valence-corrected chi connectivity index (χ1v) is 12.0. The number of amides is 1. The highest BCUT2D eigenvalue weighted by Gasteiger charge is 2.42. The van der Waals surface area contributed by atoms with Gasteiger partial charge in [0.15, 0.2) is 0 Å². The van der Waals surface area contributed by atoms with E-state index in [2.05, 4.69) is 27.8 Å². The first-order chi connectivity index (χ1) is 16.3. The number of hydrogen-bond donors (Lipinski definition) is 3. The van der Waals surface area contributed by atoms with Crippen LogP contribution in [-0.4, -0.2) is 40.6 Å². The number of hydrogen-bond acceptors (Lipinski definition) is 6. The van der Waals surface area contributed by atoms with Crippen molar-refractivity contribution in [3.8, 4) is 5.88 Å². The van der Waals surface area contributed by atoms with Crippen molar-refractivity contribution in [3.63, 3.8) is 0 Å². The number of rotatable bonds is 9. The summed E-state index contributed by atoms with van der Waals surface area (Å²) in [6.45, 7) is 4.22. The Labute approximate surface area is 200 Å². The molecule has 0 unspecified atom stereocenters. The summed E-state index contributed by atoms with van der Waals surface area (Å²) in [6, 6.07) is 7.04. The molecule has 0 bridgehead atoms. The fraction of sp³-hybridized carbons (Fsp3) is 0.538. The van der Waals surface area contributed by atoms with Crippen molar-refractivity contribution < 1.29 is 19.4 Å².